The Bertz CT molecular complexity index is 724. The van der Waals surface area contributed by atoms with Crippen LogP contribution in [0.3, 0.4) is 0 Å². The fourth-order valence-electron chi connectivity index (χ4n) is 2.90. The average Bonchev–Trinajstić information content (AvgIpc) is 3.06. The SMILES string of the molecule is C[C@@H]1CC[C@H](n2cc(F)c(NC(=O)CCCCCCC(=O)NO)nc2=O)O1. The van der Waals surface area contributed by atoms with Gasteiger partial charge in [-0.3, -0.25) is 19.4 Å². The molecule has 0 radical (unpaired) electrons. The van der Waals surface area contributed by atoms with E-state index in [1.165, 1.54) is 0 Å². The van der Waals surface area contributed by atoms with Crippen molar-refractivity contribution in [3.05, 3.63) is 22.5 Å². The zero-order valence-electron chi connectivity index (χ0n) is 15.2. The lowest BCUT2D eigenvalue weighted by atomic mass is 10.1. The van der Waals surface area contributed by atoms with Crippen LogP contribution in [0.15, 0.2) is 11.0 Å². The van der Waals surface area contributed by atoms with E-state index >= 15 is 0 Å². The third kappa shape index (κ3) is 6.40. The van der Waals surface area contributed by atoms with Gasteiger partial charge in [0.25, 0.3) is 0 Å². The molecule has 0 saturated carbocycles. The molecule has 1 fully saturated rings. The van der Waals surface area contributed by atoms with E-state index in [2.05, 4.69) is 10.3 Å². The third-order valence-electron chi connectivity index (χ3n) is 4.37. The van der Waals surface area contributed by atoms with E-state index in [1.54, 1.807) is 5.48 Å². The number of hydroxylamine groups is 1. The van der Waals surface area contributed by atoms with Crippen LogP contribution in [0, 0.1) is 5.82 Å². The standard InChI is InChI=1S/C17H25FN4O5/c1-11-8-9-15(27-11)22-10-12(18)16(20-17(22)25)19-13(23)6-4-2-3-5-7-14(24)21-26/h10-11,15,26H,2-9H2,1H3,(H,21,24)(H,19,20,23,25)/t11-,15-/m1/s1. The number of unbranched alkanes of at least 4 members (excludes halogenated alkanes) is 3. The molecule has 2 amide bonds. The minimum atomic E-state index is -0.791. The van der Waals surface area contributed by atoms with Crippen molar-refractivity contribution in [2.45, 2.75) is 70.6 Å². The minimum Gasteiger partial charge on any atom is -0.355 e. The highest BCUT2D eigenvalue weighted by atomic mass is 19.1. The molecule has 9 nitrogen and oxygen atoms in total. The van der Waals surface area contributed by atoms with E-state index in [1.807, 2.05) is 6.92 Å². The fraction of sp³-hybridized carbons (Fsp3) is 0.647. The molecule has 0 bridgehead atoms. The highest BCUT2D eigenvalue weighted by molar-refractivity contribution is 5.89. The first-order chi connectivity index (χ1) is 12.9. The summed E-state index contributed by atoms with van der Waals surface area (Å²) >= 11 is 0. The number of carbonyl (C=O) groups excluding carboxylic acids is 2. The lowest BCUT2D eigenvalue weighted by Crippen LogP contribution is -2.29. The maximum atomic E-state index is 14.2. The normalized spacial score (nSPS) is 19.1. The monoisotopic (exact) mass is 384 g/mol. The van der Waals surface area contributed by atoms with Gasteiger partial charge in [0.2, 0.25) is 11.8 Å². The number of hydrogen-bond donors (Lipinski definition) is 3. The van der Waals surface area contributed by atoms with Gasteiger partial charge in [0.1, 0.15) is 6.23 Å². The van der Waals surface area contributed by atoms with Gasteiger partial charge in [-0.1, -0.05) is 12.8 Å². The summed E-state index contributed by atoms with van der Waals surface area (Å²) in [7, 11) is 0. The van der Waals surface area contributed by atoms with E-state index in [0.29, 0.717) is 25.7 Å². The molecule has 2 heterocycles. The molecule has 0 unspecified atom stereocenters. The number of rotatable bonds is 9. The zero-order chi connectivity index (χ0) is 19.8. The summed E-state index contributed by atoms with van der Waals surface area (Å²) in [6.07, 6.45) is 4.83. The van der Waals surface area contributed by atoms with Gasteiger partial charge in [0.05, 0.1) is 12.3 Å². The highest BCUT2D eigenvalue weighted by Crippen LogP contribution is 2.27. The van der Waals surface area contributed by atoms with Crippen molar-refractivity contribution in [2.24, 2.45) is 0 Å². The molecule has 27 heavy (non-hydrogen) atoms. The highest BCUT2D eigenvalue weighted by Gasteiger charge is 2.25. The number of anilines is 1. The Morgan fingerprint density at radius 3 is 2.52 bits per heavy atom. The lowest BCUT2D eigenvalue weighted by Gasteiger charge is -2.15. The number of aromatic nitrogens is 2. The third-order valence-corrected chi connectivity index (χ3v) is 4.37. The maximum absolute atomic E-state index is 14.2. The number of hydrogen-bond acceptors (Lipinski definition) is 6. The second kappa shape index (κ2) is 10.1. The summed E-state index contributed by atoms with van der Waals surface area (Å²) in [5, 5.41) is 10.7. The van der Waals surface area contributed by atoms with Gasteiger partial charge in [-0.2, -0.15) is 4.98 Å². The summed E-state index contributed by atoms with van der Waals surface area (Å²) in [4.78, 5) is 38.4. The quantitative estimate of drug-likeness (QED) is 0.339. The van der Waals surface area contributed by atoms with E-state index < -0.39 is 29.5 Å². The van der Waals surface area contributed by atoms with E-state index in [-0.39, 0.29) is 24.8 Å². The molecule has 150 valence electrons. The molecule has 0 spiro atoms. The summed E-state index contributed by atoms with van der Waals surface area (Å²) in [6.45, 7) is 1.88. The number of ether oxygens (including phenoxy) is 1. The number of nitrogens with zero attached hydrogens (tertiary/aromatic N) is 2. The Kier molecular flexibility index (Phi) is 7.86. The van der Waals surface area contributed by atoms with Crippen LogP contribution < -0.4 is 16.5 Å². The van der Waals surface area contributed by atoms with Crippen molar-refractivity contribution in [1.29, 1.82) is 0 Å². The van der Waals surface area contributed by atoms with E-state index in [9.17, 15) is 18.8 Å². The van der Waals surface area contributed by atoms with Crippen molar-refractivity contribution < 1.29 is 23.9 Å². The smallest absolute Gasteiger partial charge is 0.351 e. The Hall–Kier alpha value is -2.33. The van der Waals surface area contributed by atoms with Crippen molar-refractivity contribution in [2.75, 3.05) is 5.32 Å². The first-order valence-electron chi connectivity index (χ1n) is 9.07. The molecule has 1 aliphatic heterocycles. The van der Waals surface area contributed by atoms with Crippen molar-refractivity contribution in [3.8, 4) is 0 Å². The summed E-state index contributed by atoms with van der Waals surface area (Å²) in [5.41, 5.74) is 0.881. The van der Waals surface area contributed by atoms with Crippen molar-refractivity contribution >= 4 is 17.6 Å². The molecule has 0 aliphatic carbocycles. The average molecular weight is 384 g/mol. The molecule has 1 aliphatic rings. The van der Waals surface area contributed by atoms with E-state index in [4.69, 9.17) is 9.94 Å². The summed E-state index contributed by atoms with van der Waals surface area (Å²) in [6, 6.07) is 0. The Morgan fingerprint density at radius 2 is 1.93 bits per heavy atom. The van der Waals surface area contributed by atoms with Crippen molar-refractivity contribution in [3.63, 3.8) is 0 Å². The molecule has 2 atom stereocenters. The van der Waals surface area contributed by atoms with Gasteiger partial charge < -0.3 is 10.1 Å². The van der Waals surface area contributed by atoms with Gasteiger partial charge in [0, 0.05) is 12.8 Å². The molecule has 10 heteroatoms. The van der Waals surface area contributed by atoms with Crippen LogP contribution in [-0.4, -0.2) is 32.7 Å². The number of amides is 2. The number of nitrogens with one attached hydrogen (secondary N) is 2. The molecule has 1 aromatic rings. The summed E-state index contributed by atoms with van der Waals surface area (Å²) < 4.78 is 20.8. The lowest BCUT2D eigenvalue weighted by molar-refractivity contribution is -0.129. The van der Waals surface area contributed by atoms with Crippen LogP contribution in [0.1, 0.15) is 64.5 Å². The van der Waals surface area contributed by atoms with Gasteiger partial charge in [-0.05, 0) is 32.6 Å². The first kappa shape index (κ1) is 21.0. The van der Waals surface area contributed by atoms with Crippen LogP contribution >= 0.6 is 0 Å². The fourth-order valence-corrected chi connectivity index (χ4v) is 2.90. The predicted octanol–water partition coefficient (Wildman–Crippen LogP) is 1.86. The van der Waals surface area contributed by atoms with E-state index in [0.717, 1.165) is 23.6 Å². The van der Waals surface area contributed by atoms with Crippen molar-refractivity contribution in [1.82, 2.24) is 15.0 Å². The molecule has 3 N–H and O–H groups in total. The van der Waals surface area contributed by atoms with Crippen LogP contribution in [0.2, 0.25) is 0 Å². The second-order valence-corrected chi connectivity index (χ2v) is 6.60. The molecule has 1 saturated heterocycles. The molecule has 0 aromatic carbocycles. The summed E-state index contributed by atoms with van der Waals surface area (Å²) in [5.74, 6) is -2.05. The minimum absolute atomic E-state index is 0.00219. The Labute approximate surface area is 155 Å². The molecule has 1 aromatic heterocycles. The van der Waals surface area contributed by atoms with Crippen LogP contribution in [0.5, 0.6) is 0 Å². The predicted molar refractivity (Wildman–Crippen MR) is 93.5 cm³/mol. The second-order valence-electron chi connectivity index (χ2n) is 6.60. The number of carbonyl (C=O) groups is 2. The molecular weight excluding hydrogens is 359 g/mol. The van der Waals surface area contributed by atoms with Gasteiger partial charge in [0.15, 0.2) is 11.6 Å². The van der Waals surface area contributed by atoms with Crippen LogP contribution in [0.4, 0.5) is 10.2 Å². The Morgan fingerprint density at radius 1 is 1.26 bits per heavy atom. The topological polar surface area (TPSA) is 123 Å². The number of halogens is 1. The van der Waals surface area contributed by atoms with Crippen LogP contribution in [0.25, 0.3) is 0 Å². The van der Waals surface area contributed by atoms with Gasteiger partial charge in [-0.15, -0.1) is 0 Å². The zero-order valence-corrected chi connectivity index (χ0v) is 15.2. The van der Waals surface area contributed by atoms with Gasteiger partial charge >= 0.3 is 5.69 Å². The maximum Gasteiger partial charge on any atom is 0.351 e. The Balaban J connectivity index is 1.79. The first-order valence-corrected chi connectivity index (χ1v) is 9.07. The molecular formula is C17H25FN4O5. The largest absolute Gasteiger partial charge is 0.355 e. The molecule has 2 rings (SSSR count). The van der Waals surface area contributed by atoms with Crippen LogP contribution in [-0.2, 0) is 14.3 Å². The van der Waals surface area contributed by atoms with Gasteiger partial charge in [-0.25, -0.2) is 14.7 Å².